The average Bonchev–Trinajstić information content (AvgIpc) is 2.55. The van der Waals surface area contributed by atoms with Gasteiger partial charge in [-0.2, -0.15) is 0 Å². The van der Waals surface area contributed by atoms with Crippen LogP contribution in [0, 0.1) is 6.92 Å². The predicted octanol–water partition coefficient (Wildman–Crippen LogP) is 3.89. The van der Waals surface area contributed by atoms with Crippen molar-refractivity contribution in [2.45, 2.75) is 6.92 Å². The van der Waals surface area contributed by atoms with Gasteiger partial charge in [-0.15, -0.1) is 10.2 Å². The third-order valence-corrected chi connectivity index (χ3v) is 3.79. The first-order valence-corrected chi connectivity index (χ1v) is 7.48. The van der Waals surface area contributed by atoms with Gasteiger partial charge >= 0.3 is 0 Å². The van der Waals surface area contributed by atoms with Crippen molar-refractivity contribution in [1.29, 1.82) is 0 Å². The summed E-state index contributed by atoms with van der Waals surface area (Å²) >= 11 is 6.06. The average molecular weight is 327 g/mol. The molecule has 0 atom stereocenters. The number of nitrogens with one attached hydrogen (secondary N) is 2. The SMILES string of the molecule is CNc1nnc(Cl)c2ccc(C(=O)Nc3cccc(C)c3)cc12. The minimum Gasteiger partial charge on any atom is -0.371 e. The van der Waals surface area contributed by atoms with Gasteiger partial charge in [-0.25, -0.2) is 0 Å². The Bertz CT molecular complexity index is 895. The van der Waals surface area contributed by atoms with Crippen LogP contribution >= 0.6 is 11.6 Å². The van der Waals surface area contributed by atoms with Gasteiger partial charge in [0.15, 0.2) is 11.0 Å². The molecule has 0 spiro atoms. The summed E-state index contributed by atoms with van der Waals surface area (Å²) in [6.07, 6.45) is 0. The van der Waals surface area contributed by atoms with Crippen molar-refractivity contribution in [3.8, 4) is 0 Å². The summed E-state index contributed by atoms with van der Waals surface area (Å²) in [7, 11) is 1.75. The highest BCUT2D eigenvalue weighted by Crippen LogP contribution is 2.27. The number of carbonyl (C=O) groups is 1. The lowest BCUT2D eigenvalue weighted by atomic mass is 10.1. The summed E-state index contributed by atoms with van der Waals surface area (Å²) in [5, 5.41) is 15.5. The first-order valence-electron chi connectivity index (χ1n) is 7.10. The Labute approximate surface area is 138 Å². The van der Waals surface area contributed by atoms with Crippen LogP contribution in [0.2, 0.25) is 5.15 Å². The quantitative estimate of drug-likeness (QED) is 0.766. The Morgan fingerprint density at radius 1 is 1.09 bits per heavy atom. The van der Waals surface area contributed by atoms with Crippen molar-refractivity contribution in [2.24, 2.45) is 0 Å². The summed E-state index contributed by atoms with van der Waals surface area (Å²) in [5.74, 6) is 0.391. The van der Waals surface area contributed by atoms with Crippen LogP contribution in [0.1, 0.15) is 15.9 Å². The lowest BCUT2D eigenvalue weighted by Crippen LogP contribution is -2.12. The monoisotopic (exact) mass is 326 g/mol. The molecular weight excluding hydrogens is 312 g/mol. The van der Waals surface area contributed by atoms with E-state index in [1.165, 1.54) is 0 Å². The number of hydrogen-bond donors (Lipinski definition) is 2. The smallest absolute Gasteiger partial charge is 0.255 e. The zero-order valence-corrected chi connectivity index (χ0v) is 13.5. The summed E-state index contributed by atoms with van der Waals surface area (Å²) in [4.78, 5) is 12.5. The normalized spacial score (nSPS) is 10.6. The molecule has 5 nitrogen and oxygen atoms in total. The Morgan fingerprint density at radius 2 is 1.91 bits per heavy atom. The molecule has 0 saturated heterocycles. The second-order valence-corrected chi connectivity index (χ2v) is 5.53. The van der Waals surface area contributed by atoms with Gasteiger partial charge in [0.2, 0.25) is 0 Å². The molecule has 1 heterocycles. The largest absolute Gasteiger partial charge is 0.371 e. The molecule has 0 fully saturated rings. The highest BCUT2D eigenvalue weighted by molar-refractivity contribution is 6.34. The van der Waals surface area contributed by atoms with E-state index < -0.39 is 0 Å². The molecule has 116 valence electrons. The number of carbonyl (C=O) groups excluding carboxylic acids is 1. The Morgan fingerprint density at radius 3 is 2.65 bits per heavy atom. The van der Waals surface area contributed by atoms with E-state index in [1.54, 1.807) is 25.2 Å². The maximum Gasteiger partial charge on any atom is 0.255 e. The van der Waals surface area contributed by atoms with Gasteiger partial charge < -0.3 is 10.6 Å². The van der Waals surface area contributed by atoms with Gasteiger partial charge in [-0.3, -0.25) is 4.79 Å². The summed E-state index contributed by atoms with van der Waals surface area (Å²) < 4.78 is 0. The summed E-state index contributed by atoms with van der Waals surface area (Å²) in [5.41, 5.74) is 2.37. The van der Waals surface area contributed by atoms with Crippen LogP contribution in [0.3, 0.4) is 0 Å². The second-order valence-electron chi connectivity index (χ2n) is 5.17. The van der Waals surface area contributed by atoms with Crippen molar-refractivity contribution >= 4 is 39.8 Å². The zero-order chi connectivity index (χ0) is 16.4. The fraction of sp³-hybridized carbons (Fsp3) is 0.118. The van der Waals surface area contributed by atoms with Gasteiger partial charge in [0.25, 0.3) is 5.91 Å². The van der Waals surface area contributed by atoms with Crippen LogP contribution in [0.25, 0.3) is 10.8 Å². The van der Waals surface area contributed by atoms with Crippen LogP contribution in [0.4, 0.5) is 11.5 Å². The van der Waals surface area contributed by atoms with Gasteiger partial charge in [-0.05, 0) is 36.8 Å². The fourth-order valence-corrected chi connectivity index (χ4v) is 2.58. The molecule has 1 amide bonds. The van der Waals surface area contributed by atoms with E-state index in [9.17, 15) is 4.79 Å². The Kier molecular flexibility index (Phi) is 4.12. The van der Waals surface area contributed by atoms with Gasteiger partial charge in [-0.1, -0.05) is 29.8 Å². The molecule has 3 rings (SSSR count). The molecule has 2 aromatic carbocycles. The lowest BCUT2D eigenvalue weighted by molar-refractivity contribution is 0.102. The molecular formula is C17H15ClN4O. The van der Waals surface area contributed by atoms with Crippen molar-refractivity contribution in [2.75, 3.05) is 17.7 Å². The number of nitrogens with zero attached hydrogens (tertiary/aromatic N) is 2. The van der Waals surface area contributed by atoms with E-state index >= 15 is 0 Å². The van der Waals surface area contributed by atoms with Crippen molar-refractivity contribution in [3.05, 3.63) is 58.7 Å². The number of benzene rings is 2. The van der Waals surface area contributed by atoms with Crippen molar-refractivity contribution in [1.82, 2.24) is 10.2 Å². The molecule has 6 heteroatoms. The molecule has 0 bridgehead atoms. The van der Waals surface area contributed by atoms with Crippen LogP contribution in [-0.2, 0) is 0 Å². The standard InChI is InChI=1S/C17H15ClN4O/c1-10-4-3-5-12(8-10)20-17(23)11-6-7-13-14(9-11)16(19-2)22-21-15(13)18/h3-9H,1-2H3,(H,19,22)(H,20,23). The van der Waals surface area contributed by atoms with Crippen LogP contribution in [-0.4, -0.2) is 23.2 Å². The fourth-order valence-electron chi connectivity index (χ4n) is 2.37. The van der Waals surface area contributed by atoms with Crippen LogP contribution in [0.15, 0.2) is 42.5 Å². The van der Waals surface area contributed by atoms with E-state index in [1.807, 2.05) is 31.2 Å². The Balaban J connectivity index is 1.98. The molecule has 0 saturated carbocycles. The number of halogens is 1. The minimum atomic E-state index is -0.188. The first kappa shape index (κ1) is 15.2. The summed E-state index contributed by atoms with van der Waals surface area (Å²) in [6.45, 7) is 1.98. The maximum atomic E-state index is 12.5. The van der Waals surface area contributed by atoms with Gasteiger partial charge in [0.1, 0.15) is 0 Å². The zero-order valence-electron chi connectivity index (χ0n) is 12.7. The van der Waals surface area contributed by atoms with E-state index in [0.29, 0.717) is 16.5 Å². The molecule has 0 unspecified atom stereocenters. The molecule has 2 N–H and O–H groups in total. The number of amides is 1. The number of aryl methyl sites for hydroxylation is 1. The molecule has 1 aromatic heterocycles. The van der Waals surface area contributed by atoms with Gasteiger partial charge in [0.05, 0.1) is 0 Å². The first-order chi connectivity index (χ1) is 11.1. The molecule has 0 radical (unpaired) electrons. The van der Waals surface area contributed by atoms with E-state index in [2.05, 4.69) is 20.8 Å². The van der Waals surface area contributed by atoms with Crippen molar-refractivity contribution < 1.29 is 4.79 Å². The van der Waals surface area contributed by atoms with E-state index in [0.717, 1.165) is 22.0 Å². The number of rotatable bonds is 3. The molecule has 0 aliphatic carbocycles. The molecule has 0 aliphatic rings. The Hall–Kier alpha value is -2.66. The third kappa shape index (κ3) is 3.10. The number of hydrogen-bond acceptors (Lipinski definition) is 4. The van der Waals surface area contributed by atoms with E-state index in [-0.39, 0.29) is 5.91 Å². The van der Waals surface area contributed by atoms with Gasteiger partial charge in [0, 0.05) is 29.1 Å². The highest BCUT2D eigenvalue weighted by atomic mass is 35.5. The molecule has 23 heavy (non-hydrogen) atoms. The van der Waals surface area contributed by atoms with E-state index in [4.69, 9.17) is 11.6 Å². The molecule has 3 aromatic rings. The predicted molar refractivity (Wildman–Crippen MR) is 93.2 cm³/mol. The van der Waals surface area contributed by atoms with Crippen LogP contribution < -0.4 is 10.6 Å². The third-order valence-electron chi connectivity index (χ3n) is 3.51. The lowest BCUT2D eigenvalue weighted by Gasteiger charge is -2.09. The number of aromatic nitrogens is 2. The summed E-state index contributed by atoms with van der Waals surface area (Å²) in [6, 6.07) is 12.9. The number of fused-ring (bicyclic) bond motifs is 1. The highest BCUT2D eigenvalue weighted by Gasteiger charge is 2.12. The number of anilines is 2. The maximum absolute atomic E-state index is 12.5. The second kappa shape index (κ2) is 6.22. The molecule has 0 aliphatic heterocycles. The topological polar surface area (TPSA) is 66.9 Å². The van der Waals surface area contributed by atoms with Crippen LogP contribution in [0.5, 0.6) is 0 Å². The van der Waals surface area contributed by atoms with Crippen molar-refractivity contribution in [3.63, 3.8) is 0 Å². The minimum absolute atomic E-state index is 0.188.